The monoisotopic (exact) mass is 474 g/mol. The molecule has 0 bridgehead atoms. The van der Waals surface area contributed by atoms with Gasteiger partial charge >= 0.3 is 0 Å². The van der Waals surface area contributed by atoms with Gasteiger partial charge in [0.1, 0.15) is 6.29 Å². The molecule has 1 aliphatic heterocycles. The molecule has 1 amide bonds. The van der Waals surface area contributed by atoms with E-state index in [2.05, 4.69) is 45.6 Å². The van der Waals surface area contributed by atoms with Gasteiger partial charge < -0.3 is 9.69 Å². The molecule has 0 fully saturated rings. The Kier molecular flexibility index (Phi) is 12.5. The Bertz CT molecular complexity index is 727. The van der Waals surface area contributed by atoms with Gasteiger partial charge in [-0.3, -0.25) is 9.69 Å². The van der Waals surface area contributed by atoms with Crippen LogP contribution in [0.4, 0.5) is 0 Å². The number of nitrogens with zero attached hydrogens (tertiary/aromatic N) is 2. The van der Waals surface area contributed by atoms with E-state index in [1.807, 2.05) is 23.9 Å². The van der Waals surface area contributed by atoms with Crippen molar-refractivity contribution in [1.82, 2.24) is 9.80 Å². The Morgan fingerprint density at radius 3 is 2.24 bits per heavy atom. The number of rotatable bonds is 17. The Labute approximate surface area is 206 Å². The minimum Gasteiger partial charge on any atom is -0.324 e. The van der Waals surface area contributed by atoms with Gasteiger partial charge in [0.15, 0.2) is 0 Å². The van der Waals surface area contributed by atoms with Gasteiger partial charge in [0.2, 0.25) is 0 Å². The lowest BCUT2D eigenvalue weighted by Gasteiger charge is -2.30. The molecular weight excluding hydrogens is 428 g/mol. The van der Waals surface area contributed by atoms with E-state index in [-0.39, 0.29) is 11.9 Å². The molecule has 0 N–H and O–H groups in total. The van der Waals surface area contributed by atoms with E-state index in [1.165, 1.54) is 56.4 Å². The largest absolute Gasteiger partial charge is 0.324 e. The third-order valence-electron chi connectivity index (χ3n) is 6.74. The number of fused-ring (bicyclic) bond motifs is 1. The number of benzene rings is 1. The molecule has 0 saturated heterocycles. The number of thioether (sulfide) groups is 1. The van der Waals surface area contributed by atoms with Crippen LogP contribution in [0.2, 0.25) is 0 Å². The van der Waals surface area contributed by atoms with Crippen molar-refractivity contribution in [3.63, 3.8) is 0 Å². The van der Waals surface area contributed by atoms with E-state index < -0.39 is 0 Å². The summed E-state index contributed by atoms with van der Waals surface area (Å²) in [5.41, 5.74) is 1.91. The van der Waals surface area contributed by atoms with Crippen LogP contribution in [0.5, 0.6) is 0 Å². The zero-order valence-electron chi connectivity index (χ0n) is 21.6. The number of aldehydes is 1. The third kappa shape index (κ3) is 8.43. The molecule has 1 heterocycles. The van der Waals surface area contributed by atoms with Crippen molar-refractivity contribution in [2.75, 3.05) is 12.3 Å². The van der Waals surface area contributed by atoms with E-state index in [9.17, 15) is 9.59 Å². The molecule has 0 saturated carbocycles. The second-order valence-electron chi connectivity index (χ2n) is 9.96. The molecular formula is C28H46N2O2S. The molecule has 0 radical (unpaired) electrons. The number of amides is 1. The maximum Gasteiger partial charge on any atom is 0.255 e. The summed E-state index contributed by atoms with van der Waals surface area (Å²) in [6, 6.07) is 7.00. The van der Waals surface area contributed by atoms with Gasteiger partial charge in [-0.1, -0.05) is 51.5 Å². The van der Waals surface area contributed by atoms with Crippen LogP contribution < -0.4 is 0 Å². The van der Waals surface area contributed by atoms with E-state index in [4.69, 9.17) is 0 Å². The zero-order chi connectivity index (χ0) is 24.2. The molecule has 1 atom stereocenters. The van der Waals surface area contributed by atoms with Crippen molar-refractivity contribution in [2.24, 2.45) is 0 Å². The highest BCUT2D eigenvalue weighted by Gasteiger charge is 2.33. The first-order valence-electron chi connectivity index (χ1n) is 13.2. The van der Waals surface area contributed by atoms with Crippen molar-refractivity contribution >= 4 is 24.0 Å². The average Bonchev–Trinajstić information content (AvgIpc) is 3.12. The molecule has 0 spiro atoms. The Balaban J connectivity index is 1.65. The van der Waals surface area contributed by atoms with Crippen LogP contribution in [-0.4, -0.2) is 52.4 Å². The molecule has 0 aliphatic carbocycles. The Hall–Kier alpha value is -1.33. The standard InChI is InChI=1S/C28H46N2O2S/c1-6-15-24(21-31)30-20-26-25(28(30)32)16-14-17-27(26)33-19-13-11-9-7-8-10-12-18-29(22(2)3)23(4)5/h14,16-17,21-24H,6-13,15,18-20H2,1-5H3. The second kappa shape index (κ2) is 14.8. The van der Waals surface area contributed by atoms with Crippen molar-refractivity contribution in [2.45, 2.75) is 122 Å². The van der Waals surface area contributed by atoms with E-state index >= 15 is 0 Å². The summed E-state index contributed by atoms with van der Waals surface area (Å²) in [6.07, 6.45) is 11.7. The van der Waals surface area contributed by atoms with Crippen LogP contribution in [0.25, 0.3) is 0 Å². The number of hydrogen-bond donors (Lipinski definition) is 0. The Morgan fingerprint density at radius 2 is 1.64 bits per heavy atom. The topological polar surface area (TPSA) is 40.6 Å². The molecule has 2 rings (SSSR count). The molecule has 1 aromatic carbocycles. The molecule has 0 aromatic heterocycles. The lowest BCUT2D eigenvalue weighted by Crippen LogP contribution is -2.37. The average molecular weight is 475 g/mol. The number of unbranched alkanes of at least 4 members (excludes halogenated alkanes) is 6. The predicted octanol–water partition coefficient (Wildman–Crippen LogP) is 6.95. The van der Waals surface area contributed by atoms with Gasteiger partial charge in [0.05, 0.1) is 6.04 Å². The van der Waals surface area contributed by atoms with Gasteiger partial charge in [-0.25, -0.2) is 0 Å². The molecule has 1 unspecified atom stereocenters. The molecule has 1 aromatic rings. The van der Waals surface area contributed by atoms with Crippen LogP contribution in [0, 0.1) is 0 Å². The maximum absolute atomic E-state index is 12.8. The van der Waals surface area contributed by atoms with E-state index in [1.54, 1.807) is 4.90 Å². The van der Waals surface area contributed by atoms with Crippen LogP contribution >= 0.6 is 11.8 Å². The fraction of sp³-hybridized carbons (Fsp3) is 0.714. The smallest absolute Gasteiger partial charge is 0.255 e. The summed E-state index contributed by atoms with van der Waals surface area (Å²) in [4.78, 5) is 29.9. The normalized spacial score (nSPS) is 14.5. The summed E-state index contributed by atoms with van der Waals surface area (Å²) >= 11 is 1.87. The van der Waals surface area contributed by atoms with Crippen molar-refractivity contribution in [3.05, 3.63) is 29.3 Å². The number of hydrogen-bond acceptors (Lipinski definition) is 4. The third-order valence-corrected chi connectivity index (χ3v) is 7.93. The number of carbonyl (C=O) groups excluding carboxylic acids is 2. The summed E-state index contributed by atoms with van der Waals surface area (Å²) in [5, 5.41) is 0. The van der Waals surface area contributed by atoms with Crippen molar-refractivity contribution in [3.8, 4) is 0 Å². The maximum atomic E-state index is 12.8. The fourth-order valence-corrected chi connectivity index (χ4v) is 5.99. The SMILES string of the molecule is CCCC(C=O)N1Cc2c(SCCCCCCCCCN(C(C)C)C(C)C)cccc2C1=O. The molecule has 186 valence electrons. The molecule has 33 heavy (non-hydrogen) atoms. The van der Waals surface area contributed by atoms with Crippen molar-refractivity contribution in [1.29, 1.82) is 0 Å². The highest BCUT2D eigenvalue weighted by Crippen LogP contribution is 2.34. The molecule has 5 heteroatoms. The van der Waals surface area contributed by atoms with E-state index in [0.29, 0.717) is 18.6 Å². The first kappa shape index (κ1) is 27.9. The first-order valence-corrected chi connectivity index (χ1v) is 14.2. The van der Waals surface area contributed by atoms with Gasteiger partial charge in [-0.15, -0.1) is 11.8 Å². The fourth-order valence-electron chi connectivity index (χ4n) is 4.90. The van der Waals surface area contributed by atoms with Gasteiger partial charge in [0.25, 0.3) is 5.91 Å². The summed E-state index contributed by atoms with van der Waals surface area (Å²) in [6.45, 7) is 13.0. The van der Waals surface area contributed by atoms with Gasteiger partial charge in [-0.2, -0.15) is 0 Å². The minimum absolute atomic E-state index is 0.0166. The van der Waals surface area contributed by atoms with Gasteiger partial charge in [-0.05, 0) is 77.0 Å². The van der Waals surface area contributed by atoms with Crippen LogP contribution in [0.1, 0.15) is 108 Å². The Morgan fingerprint density at radius 1 is 1.00 bits per heavy atom. The van der Waals surface area contributed by atoms with Crippen molar-refractivity contribution < 1.29 is 9.59 Å². The lowest BCUT2D eigenvalue weighted by atomic mass is 10.1. The highest BCUT2D eigenvalue weighted by atomic mass is 32.2. The van der Waals surface area contributed by atoms with Crippen LogP contribution in [0.15, 0.2) is 23.1 Å². The summed E-state index contributed by atoms with van der Waals surface area (Å²) in [7, 11) is 0. The minimum atomic E-state index is -0.299. The van der Waals surface area contributed by atoms with Crippen LogP contribution in [-0.2, 0) is 11.3 Å². The van der Waals surface area contributed by atoms with Crippen LogP contribution in [0.3, 0.4) is 0 Å². The molecule has 4 nitrogen and oxygen atoms in total. The quantitative estimate of drug-likeness (QED) is 0.139. The molecule has 1 aliphatic rings. The zero-order valence-corrected chi connectivity index (χ0v) is 22.5. The lowest BCUT2D eigenvalue weighted by molar-refractivity contribution is -0.112. The predicted molar refractivity (Wildman–Crippen MR) is 141 cm³/mol. The van der Waals surface area contributed by atoms with Gasteiger partial charge in [0, 0.05) is 29.1 Å². The highest BCUT2D eigenvalue weighted by molar-refractivity contribution is 7.99. The summed E-state index contributed by atoms with van der Waals surface area (Å²) in [5.74, 6) is 1.11. The second-order valence-corrected chi connectivity index (χ2v) is 11.1. The summed E-state index contributed by atoms with van der Waals surface area (Å²) < 4.78 is 0. The number of carbonyl (C=O) groups is 2. The van der Waals surface area contributed by atoms with E-state index in [0.717, 1.165) is 36.0 Å². The first-order chi connectivity index (χ1) is 15.9.